The highest BCUT2D eigenvalue weighted by Crippen LogP contribution is 2.42. The van der Waals surface area contributed by atoms with Crippen molar-refractivity contribution >= 4 is 38.8 Å². The molecule has 99 heavy (non-hydrogen) atoms. The van der Waals surface area contributed by atoms with Gasteiger partial charge in [-0.25, -0.2) is 0 Å². The Morgan fingerprint density at radius 1 is 0.172 bits per heavy atom. The SMILES string of the molecule is CC(C)(C)CC(C)(C)Oc1cc(OC(C)(C)CC(C)(C)C)cc([SiH](O[SiH](c2cc(OC(C)(C)CC(C)(C)C)cc(OC(C)(C)CC(C)(C)C)c2)c2cc(OC(C)(C)CC(C)(C)C)cc(OC(C)(C)CC(C)(C)C)c2)c2cc(OC(C)(C)CC(C)(C)C)cc(OC(C)(C)CC(C)(C)C)c2)c1. The summed E-state index contributed by atoms with van der Waals surface area (Å²) in [7, 11) is -6.34. The lowest BCUT2D eigenvalue weighted by molar-refractivity contribution is 0.0543. The van der Waals surface area contributed by atoms with Crippen molar-refractivity contribution in [2.24, 2.45) is 43.3 Å². The lowest BCUT2D eigenvalue weighted by atomic mass is 9.83. The Labute approximate surface area is 612 Å². The molecular formula is C88H150O9Si2. The first-order chi connectivity index (χ1) is 43.7. The number of hydrogen-bond donors (Lipinski definition) is 0. The van der Waals surface area contributed by atoms with Gasteiger partial charge in [0.2, 0.25) is 18.1 Å². The Bertz CT molecular complexity index is 2640. The third-order valence-electron chi connectivity index (χ3n) is 15.9. The molecule has 4 aromatic rings. The second-order valence-electron chi connectivity index (χ2n) is 44.6. The van der Waals surface area contributed by atoms with Crippen LogP contribution in [0.4, 0.5) is 0 Å². The molecule has 0 fully saturated rings. The van der Waals surface area contributed by atoms with Gasteiger partial charge in [-0.3, -0.25) is 0 Å². The molecule has 0 aromatic heterocycles. The van der Waals surface area contributed by atoms with Gasteiger partial charge in [0, 0.05) is 24.3 Å². The zero-order chi connectivity index (χ0) is 76.6. The third-order valence-corrected chi connectivity index (χ3v) is 21.8. The van der Waals surface area contributed by atoms with Crippen molar-refractivity contribution in [1.29, 1.82) is 0 Å². The molecule has 11 heteroatoms. The van der Waals surface area contributed by atoms with E-state index in [-0.39, 0.29) is 43.3 Å². The van der Waals surface area contributed by atoms with E-state index in [0.29, 0.717) is 46.0 Å². The molecule has 0 N–H and O–H groups in total. The second-order valence-corrected chi connectivity index (χ2v) is 49.9. The van der Waals surface area contributed by atoms with Gasteiger partial charge in [0.15, 0.2) is 0 Å². The van der Waals surface area contributed by atoms with Gasteiger partial charge in [0.25, 0.3) is 0 Å². The summed E-state index contributed by atoms with van der Waals surface area (Å²) in [5.41, 5.74) is -4.70. The zero-order valence-corrected chi connectivity index (χ0v) is 73.7. The fourth-order valence-electron chi connectivity index (χ4n) is 17.3. The van der Waals surface area contributed by atoms with E-state index in [1.54, 1.807) is 0 Å². The van der Waals surface area contributed by atoms with E-state index in [4.69, 9.17) is 42.0 Å². The molecule has 0 saturated heterocycles. The van der Waals surface area contributed by atoms with Gasteiger partial charge in [-0.05, 0) is 275 Å². The average molecular weight is 1410 g/mol. The van der Waals surface area contributed by atoms with Crippen molar-refractivity contribution < 1.29 is 42.0 Å². The van der Waals surface area contributed by atoms with E-state index in [9.17, 15) is 0 Å². The maximum absolute atomic E-state index is 8.75. The highest BCUT2D eigenvalue weighted by molar-refractivity contribution is 6.92. The predicted molar refractivity (Wildman–Crippen MR) is 430 cm³/mol. The van der Waals surface area contributed by atoms with Gasteiger partial charge in [0.05, 0.1) is 0 Å². The molecule has 564 valence electrons. The van der Waals surface area contributed by atoms with Crippen molar-refractivity contribution in [1.82, 2.24) is 0 Å². The van der Waals surface area contributed by atoms with Crippen molar-refractivity contribution in [3.63, 3.8) is 0 Å². The molecule has 0 aliphatic rings. The lowest BCUT2D eigenvalue weighted by Gasteiger charge is -2.36. The van der Waals surface area contributed by atoms with E-state index in [0.717, 1.165) is 72.1 Å². The van der Waals surface area contributed by atoms with Gasteiger partial charge in [-0.2, -0.15) is 0 Å². The topological polar surface area (TPSA) is 83.1 Å². The van der Waals surface area contributed by atoms with Gasteiger partial charge < -0.3 is 42.0 Å². The van der Waals surface area contributed by atoms with Crippen molar-refractivity contribution in [3.05, 3.63) is 72.8 Å². The smallest absolute Gasteiger partial charge is 0.229 e. The first kappa shape index (κ1) is 87.1. The number of benzene rings is 4. The maximum Gasteiger partial charge on any atom is 0.229 e. The fraction of sp³-hybridized carbons (Fsp3) is 0.727. The Kier molecular flexibility index (Phi) is 26.7. The van der Waals surface area contributed by atoms with Crippen LogP contribution in [0.5, 0.6) is 46.0 Å². The first-order valence-corrected chi connectivity index (χ1v) is 40.7. The summed E-state index contributed by atoms with van der Waals surface area (Å²) in [5, 5.41) is 3.92. The number of rotatable bonds is 30. The van der Waals surface area contributed by atoms with Crippen LogP contribution in [0.15, 0.2) is 72.8 Å². The van der Waals surface area contributed by atoms with E-state index in [2.05, 4.69) is 350 Å². The van der Waals surface area contributed by atoms with Crippen LogP contribution in [0.3, 0.4) is 0 Å². The van der Waals surface area contributed by atoms with Crippen molar-refractivity contribution in [3.8, 4) is 46.0 Å². The Morgan fingerprint density at radius 2 is 0.273 bits per heavy atom. The minimum Gasteiger partial charge on any atom is -0.488 e. The Morgan fingerprint density at radius 3 is 0.364 bits per heavy atom. The molecular weight excluding hydrogens is 1260 g/mol. The summed E-state index contributed by atoms with van der Waals surface area (Å²) < 4.78 is 67.8. The zero-order valence-electron chi connectivity index (χ0n) is 71.4. The highest BCUT2D eigenvalue weighted by Gasteiger charge is 2.39. The largest absolute Gasteiger partial charge is 0.488 e. The van der Waals surface area contributed by atoms with E-state index in [1.165, 1.54) is 0 Å². The molecule has 0 radical (unpaired) electrons. The molecule has 0 aliphatic carbocycles. The predicted octanol–water partition coefficient (Wildman–Crippen LogP) is 22.8. The summed E-state index contributed by atoms with van der Waals surface area (Å²) in [6, 6.07) is 26.4. The van der Waals surface area contributed by atoms with E-state index >= 15 is 0 Å². The van der Waals surface area contributed by atoms with Crippen LogP contribution in [-0.4, -0.2) is 62.9 Å². The summed E-state index contributed by atoms with van der Waals surface area (Å²) in [6.07, 6.45) is 6.45. The summed E-state index contributed by atoms with van der Waals surface area (Å²) in [4.78, 5) is 0. The number of ether oxygens (including phenoxy) is 8. The normalized spacial score (nSPS) is 14.4. The lowest BCUT2D eigenvalue weighted by Crippen LogP contribution is -2.56. The maximum atomic E-state index is 8.75. The van der Waals surface area contributed by atoms with Crippen LogP contribution >= 0.6 is 0 Å². The summed E-state index contributed by atoms with van der Waals surface area (Å²) >= 11 is 0. The second kappa shape index (κ2) is 30.4. The van der Waals surface area contributed by atoms with Crippen LogP contribution < -0.4 is 58.6 Å². The van der Waals surface area contributed by atoms with Crippen LogP contribution in [0.25, 0.3) is 0 Å². The number of hydrogen-bond acceptors (Lipinski definition) is 9. The molecule has 0 bridgehead atoms. The van der Waals surface area contributed by atoms with Crippen LogP contribution in [0.2, 0.25) is 0 Å². The first-order valence-electron chi connectivity index (χ1n) is 37.5. The molecule has 0 aliphatic heterocycles. The molecule has 4 rings (SSSR count). The average Bonchev–Trinajstić information content (AvgIpc) is 0.776. The fourth-order valence-corrected chi connectivity index (χ4v) is 24.2. The van der Waals surface area contributed by atoms with Crippen molar-refractivity contribution in [2.45, 2.75) is 373 Å². The van der Waals surface area contributed by atoms with Gasteiger partial charge in [-0.15, -0.1) is 0 Å². The van der Waals surface area contributed by atoms with Crippen LogP contribution in [0, 0.1) is 43.3 Å². The molecule has 0 amide bonds. The minimum atomic E-state index is -3.17. The molecule has 0 heterocycles. The quantitative estimate of drug-likeness (QED) is 0.0474. The standard InChI is InChI=1S/C88H150O9Si2/c1-73(2,3)53-81(25,26)89-61-41-62(90-82(27,28)54-74(4,5)6)46-69(45-61)98(70-47-63(91-83(29,30)55-75(7,8)9)42-64(48-70)92-84(31,32)56-76(10,11)12)97-99(71-49-65(93-85(33,34)57-77(13,14)15)43-66(50-71)94-86(35,36)58-78(16,17)18)72-51-67(95-87(37,38)59-79(19,20)21)44-68(52-72)96-88(39,40)60-80(22,23)24/h41-52,98-99H,53-60H2,1-40H3. The summed E-state index contributed by atoms with van der Waals surface area (Å²) in [6.45, 7) is 89.9. The molecule has 4 aromatic carbocycles. The monoisotopic (exact) mass is 1410 g/mol. The van der Waals surface area contributed by atoms with E-state index in [1.807, 2.05) is 0 Å². The van der Waals surface area contributed by atoms with Crippen LogP contribution in [0.1, 0.15) is 328 Å². The molecule has 9 nitrogen and oxygen atoms in total. The Hall–Kier alpha value is -4.33. The molecule has 0 unspecified atom stereocenters. The Balaban J connectivity index is 2.50. The highest BCUT2D eigenvalue weighted by atomic mass is 28.4. The van der Waals surface area contributed by atoms with Crippen LogP contribution in [-0.2, 0) is 4.12 Å². The molecule has 0 spiro atoms. The van der Waals surface area contributed by atoms with Gasteiger partial charge in [0.1, 0.15) is 90.8 Å². The van der Waals surface area contributed by atoms with Crippen molar-refractivity contribution in [2.75, 3.05) is 0 Å². The minimum absolute atomic E-state index is 0.0256. The summed E-state index contributed by atoms with van der Waals surface area (Å²) in [5.74, 6) is 5.71. The third kappa shape index (κ3) is 34.2. The van der Waals surface area contributed by atoms with Gasteiger partial charge >= 0.3 is 0 Å². The van der Waals surface area contributed by atoms with E-state index < -0.39 is 62.9 Å². The molecule has 0 saturated carbocycles. The van der Waals surface area contributed by atoms with Gasteiger partial charge in [-0.1, -0.05) is 166 Å². The molecule has 0 atom stereocenters.